The van der Waals surface area contributed by atoms with Crippen molar-refractivity contribution in [3.63, 3.8) is 0 Å². The Bertz CT molecular complexity index is 384. The van der Waals surface area contributed by atoms with Crippen molar-refractivity contribution in [1.82, 2.24) is 10.0 Å². The van der Waals surface area contributed by atoms with Crippen LogP contribution in [-0.2, 0) is 10.0 Å². The summed E-state index contributed by atoms with van der Waals surface area (Å²) in [5, 5.41) is 2.71. The van der Waals surface area contributed by atoms with Crippen LogP contribution < -0.4 is 10.0 Å². The van der Waals surface area contributed by atoms with Crippen molar-refractivity contribution < 1.29 is 8.42 Å². The summed E-state index contributed by atoms with van der Waals surface area (Å²) in [6.07, 6.45) is 0. The van der Waals surface area contributed by atoms with Crippen LogP contribution in [0.2, 0.25) is 0 Å². The van der Waals surface area contributed by atoms with E-state index in [4.69, 9.17) is 0 Å². The molecular weight excluding hydrogens is 200 g/mol. The molecule has 0 bridgehead atoms. The maximum Gasteiger partial charge on any atom is 0.241 e. The van der Waals surface area contributed by atoms with E-state index in [-0.39, 0.29) is 6.67 Å². The molecule has 0 radical (unpaired) electrons. The van der Waals surface area contributed by atoms with Crippen LogP contribution in [0.1, 0.15) is 5.56 Å². The van der Waals surface area contributed by atoms with Crippen LogP contribution in [0.4, 0.5) is 0 Å². The summed E-state index contributed by atoms with van der Waals surface area (Å²) in [7, 11) is -1.67. The average molecular weight is 214 g/mol. The van der Waals surface area contributed by atoms with Gasteiger partial charge in [0.1, 0.15) is 0 Å². The predicted octanol–water partition coefficient (Wildman–Crippen LogP) is 0.450. The van der Waals surface area contributed by atoms with Gasteiger partial charge in [-0.3, -0.25) is 0 Å². The van der Waals surface area contributed by atoms with Gasteiger partial charge in [0.05, 0.1) is 11.6 Å². The molecule has 2 N–H and O–H groups in total. The first-order valence-corrected chi connectivity index (χ1v) is 5.75. The Balaban J connectivity index is 2.87. The van der Waals surface area contributed by atoms with E-state index in [0.717, 1.165) is 5.56 Å². The lowest BCUT2D eigenvalue weighted by molar-refractivity contribution is 0.577. The Hall–Kier alpha value is -0.910. The van der Waals surface area contributed by atoms with Crippen molar-refractivity contribution in [2.45, 2.75) is 11.8 Å². The second kappa shape index (κ2) is 4.54. The maximum absolute atomic E-state index is 11.6. The molecule has 0 saturated carbocycles. The highest BCUT2D eigenvalue weighted by Gasteiger charge is 2.11. The van der Waals surface area contributed by atoms with Gasteiger partial charge in [0, 0.05) is 0 Å². The highest BCUT2D eigenvalue weighted by Crippen LogP contribution is 2.08. The second-order valence-electron chi connectivity index (χ2n) is 2.99. The molecule has 0 aliphatic carbocycles. The largest absolute Gasteiger partial charge is 0.307 e. The summed E-state index contributed by atoms with van der Waals surface area (Å²) in [4.78, 5) is 0.290. The smallest absolute Gasteiger partial charge is 0.241 e. The van der Waals surface area contributed by atoms with Crippen LogP contribution in [0.3, 0.4) is 0 Å². The number of rotatable bonds is 4. The van der Waals surface area contributed by atoms with E-state index in [1.165, 1.54) is 0 Å². The molecule has 1 rings (SSSR count). The second-order valence-corrected chi connectivity index (χ2v) is 4.76. The summed E-state index contributed by atoms with van der Waals surface area (Å²) in [6, 6.07) is 6.72. The molecular formula is C9H14N2O2S. The van der Waals surface area contributed by atoms with E-state index in [9.17, 15) is 8.42 Å². The van der Waals surface area contributed by atoms with Gasteiger partial charge in [-0.15, -0.1) is 0 Å². The fraction of sp³-hybridized carbons (Fsp3) is 0.333. The Morgan fingerprint density at radius 3 is 2.29 bits per heavy atom. The molecule has 1 aromatic rings. The van der Waals surface area contributed by atoms with E-state index >= 15 is 0 Å². The molecule has 0 saturated heterocycles. The van der Waals surface area contributed by atoms with Gasteiger partial charge in [-0.1, -0.05) is 17.7 Å². The van der Waals surface area contributed by atoms with Crippen molar-refractivity contribution in [1.29, 1.82) is 0 Å². The van der Waals surface area contributed by atoms with Crippen molar-refractivity contribution in [3.05, 3.63) is 29.8 Å². The lowest BCUT2D eigenvalue weighted by Gasteiger charge is -2.05. The SMILES string of the molecule is CNCNS(=O)(=O)c1ccc(C)cc1. The molecule has 0 unspecified atom stereocenters. The van der Waals surface area contributed by atoms with E-state index < -0.39 is 10.0 Å². The quantitative estimate of drug-likeness (QED) is 0.715. The summed E-state index contributed by atoms with van der Waals surface area (Å²) in [5.41, 5.74) is 1.04. The molecule has 1 aromatic carbocycles. The summed E-state index contributed by atoms with van der Waals surface area (Å²) >= 11 is 0. The summed E-state index contributed by atoms with van der Waals surface area (Å²) in [5.74, 6) is 0. The monoisotopic (exact) mass is 214 g/mol. The maximum atomic E-state index is 11.6. The third-order valence-corrected chi connectivity index (χ3v) is 3.19. The number of benzene rings is 1. The standard InChI is InChI=1S/C9H14N2O2S/c1-8-3-5-9(6-4-8)14(12,13)11-7-10-2/h3-6,10-11H,7H2,1-2H3. The van der Waals surface area contributed by atoms with Gasteiger partial charge in [0.2, 0.25) is 10.0 Å². The molecule has 0 atom stereocenters. The molecule has 5 heteroatoms. The fourth-order valence-electron chi connectivity index (χ4n) is 0.968. The number of aryl methyl sites for hydroxylation is 1. The van der Waals surface area contributed by atoms with E-state index in [1.807, 2.05) is 6.92 Å². The molecule has 0 aliphatic heterocycles. The Morgan fingerprint density at radius 1 is 1.21 bits per heavy atom. The van der Waals surface area contributed by atoms with Gasteiger partial charge in [0.15, 0.2) is 0 Å². The minimum absolute atomic E-state index is 0.232. The normalized spacial score (nSPS) is 11.6. The topological polar surface area (TPSA) is 58.2 Å². The van der Waals surface area contributed by atoms with Gasteiger partial charge >= 0.3 is 0 Å². The first kappa shape index (κ1) is 11.2. The number of hydrogen-bond donors (Lipinski definition) is 2. The number of nitrogens with one attached hydrogen (secondary N) is 2. The van der Waals surface area contributed by atoms with Crippen LogP contribution in [-0.4, -0.2) is 22.1 Å². The summed E-state index contributed by atoms with van der Waals surface area (Å²) < 4.78 is 25.5. The van der Waals surface area contributed by atoms with E-state index in [1.54, 1.807) is 31.3 Å². The number of sulfonamides is 1. The zero-order valence-corrected chi connectivity index (χ0v) is 9.06. The van der Waals surface area contributed by atoms with Crippen LogP contribution in [0.25, 0.3) is 0 Å². The van der Waals surface area contributed by atoms with Gasteiger partial charge in [-0.05, 0) is 26.1 Å². The lowest BCUT2D eigenvalue weighted by atomic mass is 10.2. The van der Waals surface area contributed by atoms with Gasteiger partial charge in [0.25, 0.3) is 0 Å². The average Bonchev–Trinajstić information content (AvgIpc) is 2.16. The highest BCUT2D eigenvalue weighted by atomic mass is 32.2. The van der Waals surface area contributed by atoms with Crippen molar-refractivity contribution >= 4 is 10.0 Å². The first-order chi connectivity index (χ1) is 6.56. The van der Waals surface area contributed by atoms with Crippen LogP contribution in [0.5, 0.6) is 0 Å². The first-order valence-electron chi connectivity index (χ1n) is 4.27. The molecule has 0 heterocycles. The third kappa shape index (κ3) is 2.80. The van der Waals surface area contributed by atoms with Crippen molar-refractivity contribution in [2.75, 3.05) is 13.7 Å². The van der Waals surface area contributed by atoms with Crippen LogP contribution >= 0.6 is 0 Å². The van der Waals surface area contributed by atoms with Crippen molar-refractivity contribution in [3.8, 4) is 0 Å². The van der Waals surface area contributed by atoms with E-state index in [0.29, 0.717) is 4.90 Å². The van der Waals surface area contributed by atoms with Gasteiger partial charge in [-0.2, -0.15) is 4.72 Å². The lowest BCUT2D eigenvalue weighted by Crippen LogP contribution is -2.31. The van der Waals surface area contributed by atoms with Gasteiger partial charge < -0.3 is 5.32 Å². The Kier molecular flexibility index (Phi) is 3.62. The zero-order valence-electron chi connectivity index (χ0n) is 8.24. The molecule has 0 aromatic heterocycles. The molecule has 0 fully saturated rings. The minimum Gasteiger partial charge on any atom is -0.307 e. The summed E-state index contributed by atoms with van der Waals surface area (Å²) in [6.45, 7) is 2.15. The zero-order chi connectivity index (χ0) is 10.6. The molecule has 0 aliphatic rings. The van der Waals surface area contributed by atoms with E-state index in [2.05, 4.69) is 10.0 Å². The molecule has 4 nitrogen and oxygen atoms in total. The van der Waals surface area contributed by atoms with Gasteiger partial charge in [-0.25, -0.2) is 8.42 Å². The molecule has 0 amide bonds. The fourth-order valence-corrected chi connectivity index (χ4v) is 1.96. The van der Waals surface area contributed by atoms with Crippen LogP contribution in [0.15, 0.2) is 29.2 Å². The van der Waals surface area contributed by atoms with Crippen molar-refractivity contribution in [2.24, 2.45) is 0 Å². The molecule has 0 spiro atoms. The Labute approximate surface area is 84.4 Å². The molecule has 14 heavy (non-hydrogen) atoms. The van der Waals surface area contributed by atoms with Crippen LogP contribution in [0, 0.1) is 6.92 Å². The third-order valence-electron chi connectivity index (χ3n) is 1.77. The molecule has 78 valence electrons. The minimum atomic E-state index is -3.35. The number of hydrogen-bond acceptors (Lipinski definition) is 3. The Morgan fingerprint density at radius 2 is 1.79 bits per heavy atom. The highest BCUT2D eigenvalue weighted by molar-refractivity contribution is 7.89. The predicted molar refractivity (Wildman–Crippen MR) is 55.4 cm³/mol.